The Hall–Kier alpha value is -1.03. The molecule has 1 aromatic carbocycles. The van der Waals surface area contributed by atoms with E-state index in [2.05, 4.69) is 4.98 Å². The molecule has 1 heterocycles. The second-order valence-corrected chi connectivity index (χ2v) is 3.63. The lowest BCUT2D eigenvalue weighted by molar-refractivity contribution is 0.266. The van der Waals surface area contributed by atoms with Crippen molar-refractivity contribution in [1.82, 2.24) is 4.98 Å². The van der Waals surface area contributed by atoms with Gasteiger partial charge in [0, 0.05) is 11.1 Å². The third-order valence-electron chi connectivity index (χ3n) is 2.22. The Labute approximate surface area is 86.5 Å². The number of para-hydroxylation sites is 1. The maximum atomic E-state index is 8.90. The van der Waals surface area contributed by atoms with Crippen LogP contribution in [0.3, 0.4) is 0 Å². The first-order valence-electron chi connectivity index (χ1n) is 4.36. The predicted octanol–water partition coefficient (Wildman–Crippen LogP) is 1.81. The Morgan fingerprint density at radius 1 is 1.50 bits per heavy atom. The molecule has 0 aliphatic carbocycles. The van der Waals surface area contributed by atoms with Crippen LogP contribution in [0, 0.1) is 0 Å². The maximum absolute atomic E-state index is 8.90. The van der Waals surface area contributed by atoms with E-state index < -0.39 is 0 Å². The molecule has 0 amide bonds. The summed E-state index contributed by atoms with van der Waals surface area (Å²) in [6.45, 7) is -0.0789. The topological polar surface area (TPSA) is 62.0 Å². The lowest BCUT2D eigenvalue weighted by Gasteiger charge is -2.03. The largest absolute Gasteiger partial charge is 0.394 e. The van der Waals surface area contributed by atoms with Gasteiger partial charge in [-0.1, -0.05) is 23.7 Å². The average Bonchev–Trinajstić information content (AvgIpc) is 2.62. The highest BCUT2D eigenvalue weighted by Crippen LogP contribution is 2.25. The summed E-state index contributed by atoms with van der Waals surface area (Å²) in [5.41, 5.74) is 7.35. The summed E-state index contributed by atoms with van der Waals surface area (Å²) in [6, 6.07) is 7.17. The molecule has 4 heteroatoms. The fourth-order valence-corrected chi connectivity index (χ4v) is 1.67. The minimum absolute atomic E-state index is 0.0789. The smallest absolute Gasteiger partial charge is 0.0683 e. The zero-order chi connectivity index (χ0) is 10.1. The molecule has 2 rings (SSSR count). The number of nitrogens with one attached hydrogen (secondary N) is 1. The van der Waals surface area contributed by atoms with Crippen LogP contribution in [-0.2, 0) is 0 Å². The molecule has 2 aromatic rings. The molecule has 3 nitrogen and oxygen atoms in total. The fraction of sp³-hybridized carbons (Fsp3) is 0.200. The van der Waals surface area contributed by atoms with Crippen LogP contribution in [0.1, 0.15) is 11.7 Å². The molecule has 0 radical (unpaired) electrons. The molecule has 0 aliphatic rings. The summed E-state index contributed by atoms with van der Waals surface area (Å²) in [5, 5.41) is 10.6. The predicted molar refractivity (Wildman–Crippen MR) is 57.3 cm³/mol. The van der Waals surface area contributed by atoms with Crippen molar-refractivity contribution in [3.05, 3.63) is 35.0 Å². The number of H-pyrrole nitrogens is 1. The fourth-order valence-electron chi connectivity index (χ4n) is 1.44. The molecule has 0 saturated heterocycles. The molecule has 0 saturated carbocycles. The van der Waals surface area contributed by atoms with E-state index in [1.807, 2.05) is 24.3 Å². The van der Waals surface area contributed by atoms with Crippen molar-refractivity contribution in [2.24, 2.45) is 5.73 Å². The van der Waals surface area contributed by atoms with Gasteiger partial charge in [0.25, 0.3) is 0 Å². The quantitative estimate of drug-likeness (QED) is 0.708. The van der Waals surface area contributed by atoms with Gasteiger partial charge in [-0.15, -0.1) is 0 Å². The van der Waals surface area contributed by atoms with Crippen molar-refractivity contribution in [2.75, 3.05) is 6.61 Å². The molecule has 1 atom stereocenters. The summed E-state index contributed by atoms with van der Waals surface area (Å²) in [7, 11) is 0. The summed E-state index contributed by atoms with van der Waals surface area (Å²) < 4.78 is 0. The van der Waals surface area contributed by atoms with Gasteiger partial charge < -0.3 is 15.8 Å². The minimum atomic E-state index is -0.376. The second-order valence-electron chi connectivity index (χ2n) is 3.22. The van der Waals surface area contributed by atoms with E-state index in [4.69, 9.17) is 22.4 Å². The number of benzene rings is 1. The lowest BCUT2D eigenvalue weighted by Crippen LogP contribution is -2.14. The Kier molecular flexibility index (Phi) is 2.46. The van der Waals surface area contributed by atoms with Gasteiger partial charge in [-0.05, 0) is 12.1 Å². The first-order valence-corrected chi connectivity index (χ1v) is 4.73. The van der Waals surface area contributed by atoms with Crippen LogP contribution in [0.5, 0.6) is 0 Å². The van der Waals surface area contributed by atoms with Crippen molar-refractivity contribution in [1.29, 1.82) is 0 Å². The Balaban J connectivity index is 2.56. The van der Waals surface area contributed by atoms with E-state index in [-0.39, 0.29) is 12.6 Å². The van der Waals surface area contributed by atoms with Crippen LogP contribution in [-0.4, -0.2) is 16.7 Å². The van der Waals surface area contributed by atoms with E-state index in [9.17, 15) is 0 Å². The SMILES string of the molecule is N[C@@H](CO)c1cc2cccc(Cl)c2[nH]1. The minimum Gasteiger partial charge on any atom is -0.394 e. The van der Waals surface area contributed by atoms with E-state index in [0.717, 1.165) is 16.6 Å². The van der Waals surface area contributed by atoms with Crippen LogP contribution >= 0.6 is 11.6 Å². The molecule has 0 aliphatic heterocycles. The number of nitrogens with two attached hydrogens (primary N) is 1. The van der Waals surface area contributed by atoms with Gasteiger partial charge in [-0.2, -0.15) is 0 Å². The Morgan fingerprint density at radius 2 is 2.29 bits per heavy atom. The zero-order valence-corrected chi connectivity index (χ0v) is 8.25. The van der Waals surface area contributed by atoms with Crippen molar-refractivity contribution >= 4 is 22.5 Å². The molecule has 14 heavy (non-hydrogen) atoms. The monoisotopic (exact) mass is 210 g/mol. The standard InChI is InChI=1S/C10H11ClN2O/c11-7-3-1-2-6-4-9(8(12)5-14)13-10(6)7/h1-4,8,13-14H,5,12H2/t8-/m0/s1. The van der Waals surface area contributed by atoms with Gasteiger partial charge in [-0.25, -0.2) is 0 Å². The zero-order valence-electron chi connectivity index (χ0n) is 7.50. The van der Waals surface area contributed by atoms with E-state index >= 15 is 0 Å². The number of fused-ring (bicyclic) bond motifs is 1. The molecule has 4 N–H and O–H groups in total. The number of aromatic amines is 1. The number of rotatable bonds is 2. The van der Waals surface area contributed by atoms with Gasteiger partial charge in [0.05, 0.1) is 23.2 Å². The Morgan fingerprint density at radius 3 is 2.93 bits per heavy atom. The highest BCUT2D eigenvalue weighted by Gasteiger charge is 2.09. The second kappa shape index (κ2) is 3.61. The first-order chi connectivity index (χ1) is 6.72. The van der Waals surface area contributed by atoms with Gasteiger partial charge in [0.2, 0.25) is 0 Å². The van der Waals surface area contributed by atoms with Crippen LogP contribution in [0.2, 0.25) is 5.02 Å². The van der Waals surface area contributed by atoms with Crippen LogP contribution in [0.25, 0.3) is 10.9 Å². The van der Waals surface area contributed by atoms with E-state index in [0.29, 0.717) is 5.02 Å². The van der Waals surface area contributed by atoms with Crippen LogP contribution in [0.15, 0.2) is 24.3 Å². The number of halogens is 1. The highest BCUT2D eigenvalue weighted by atomic mass is 35.5. The summed E-state index contributed by atoms with van der Waals surface area (Å²) in [4.78, 5) is 3.10. The molecular weight excluding hydrogens is 200 g/mol. The number of aromatic nitrogens is 1. The molecular formula is C10H11ClN2O. The molecule has 0 bridgehead atoms. The van der Waals surface area contributed by atoms with E-state index in [1.54, 1.807) is 0 Å². The average molecular weight is 211 g/mol. The molecule has 0 spiro atoms. The van der Waals surface area contributed by atoms with Gasteiger partial charge in [-0.3, -0.25) is 0 Å². The van der Waals surface area contributed by atoms with Crippen molar-refractivity contribution in [2.45, 2.75) is 6.04 Å². The Bertz CT molecular complexity index is 452. The van der Waals surface area contributed by atoms with Crippen molar-refractivity contribution in [3.8, 4) is 0 Å². The van der Waals surface area contributed by atoms with E-state index in [1.165, 1.54) is 0 Å². The number of hydrogen-bond acceptors (Lipinski definition) is 2. The highest BCUT2D eigenvalue weighted by molar-refractivity contribution is 6.35. The van der Waals surface area contributed by atoms with Crippen molar-refractivity contribution < 1.29 is 5.11 Å². The number of aliphatic hydroxyl groups is 1. The van der Waals surface area contributed by atoms with Crippen LogP contribution < -0.4 is 5.73 Å². The van der Waals surface area contributed by atoms with Gasteiger partial charge in [0.1, 0.15) is 0 Å². The number of hydrogen-bond donors (Lipinski definition) is 3. The maximum Gasteiger partial charge on any atom is 0.0683 e. The number of aliphatic hydroxyl groups excluding tert-OH is 1. The summed E-state index contributed by atoms with van der Waals surface area (Å²) in [5.74, 6) is 0. The molecule has 0 unspecified atom stereocenters. The molecule has 74 valence electrons. The third-order valence-corrected chi connectivity index (χ3v) is 2.54. The molecule has 0 fully saturated rings. The summed E-state index contributed by atoms with van der Waals surface area (Å²) >= 11 is 5.98. The molecule has 1 aromatic heterocycles. The normalized spacial score (nSPS) is 13.4. The lowest BCUT2D eigenvalue weighted by atomic mass is 10.2. The summed E-state index contributed by atoms with van der Waals surface area (Å²) in [6.07, 6.45) is 0. The van der Waals surface area contributed by atoms with Crippen molar-refractivity contribution in [3.63, 3.8) is 0 Å². The first kappa shape index (κ1) is 9.52. The van der Waals surface area contributed by atoms with Gasteiger partial charge >= 0.3 is 0 Å². The van der Waals surface area contributed by atoms with Crippen LogP contribution in [0.4, 0.5) is 0 Å². The third kappa shape index (κ3) is 1.50. The van der Waals surface area contributed by atoms with Gasteiger partial charge in [0.15, 0.2) is 0 Å².